The van der Waals surface area contributed by atoms with E-state index in [0.717, 1.165) is 13.2 Å². The van der Waals surface area contributed by atoms with Crippen molar-refractivity contribution in [2.45, 2.75) is 76.5 Å². The minimum atomic E-state index is -1.56. The van der Waals surface area contributed by atoms with Crippen molar-refractivity contribution in [3.63, 3.8) is 0 Å². The van der Waals surface area contributed by atoms with Crippen molar-refractivity contribution in [1.29, 1.82) is 0 Å². The summed E-state index contributed by atoms with van der Waals surface area (Å²) in [5.41, 5.74) is 0. The highest BCUT2D eigenvalue weighted by molar-refractivity contribution is 9.35. The van der Waals surface area contributed by atoms with Gasteiger partial charge in [0.05, 0.1) is 0 Å². The van der Waals surface area contributed by atoms with E-state index < -0.39 is 16.6 Å². The first-order valence-corrected chi connectivity index (χ1v) is 20.6. The Labute approximate surface area is 165 Å². The van der Waals surface area contributed by atoms with Crippen LogP contribution in [0.2, 0.25) is 26.2 Å². The van der Waals surface area contributed by atoms with Gasteiger partial charge in [0.25, 0.3) is 0 Å². The van der Waals surface area contributed by atoms with Gasteiger partial charge < -0.3 is 8.85 Å². The fraction of sp³-hybridized carbons (Fsp3) is 1.00. The number of hydrogen-bond acceptors (Lipinski definition) is 7. The van der Waals surface area contributed by atoms with Gasteiger partial charge in [0.2, 0.25) is 0 Å². The molecule has 0 saturated carbocycles. The normalized spacial score (nSPS) is 15.7. The molecule has 0 rings (SSSR count). The molecule has 0 aromatic heterocycles. The minimum absolute atomic E-state index is 0.654. The molecule has 0 aromatic carbocycles. The molecule has 2 nitrogen and oxygen atoms in total. The summed E-state index contributed by atoms with van der Waals surface area (Å²) in [6.45, 7) is 19.8. The van der Waals surface area contributed by atoms with Crippen molar-refractivity contribution in [1.82, 2.24) is 0 Å². The predicted molar refractivity (Wildman–Crippen MR) is 124 cm³/mol. The smallest absolute Gasteiger partial charge is 0.200 e. The first-order valence-electron chi connectivity index (χ1n) is 8.35. The Morgan fingerprint density at radius 1 is 0.652 bits per heavy atom. The molecule has 0 saturated heterocycles. The fourth-order valence-electron chi connectivity index (χ4n) is 2.42. The van der Waals surface area contributed by atoms with E-state index in [0.29, 0.717) is 9.75 Å². The van der Waals surface area contributed by atoms with Crippen molar-refractivity contribution in [2.24, 2.45) is 0 Å². The molecule has 0 aliphatic carbocycles. The summed E-state index contributed by atoms with van der Waals surface area (Å²) in [6.07, 6.45) is 2.38. The Kier molecular flexibility index (Phi) is 14.5. The lowest BCUT2D eigenvalue weighted by molar-refractivity contribution is 0.326. The molecule has 23 heavy (non-hydrogen) atoms. The van der Waals surface area contributed by atoms with Crippen LogP contribution in [0.5, 0.6) is 0 Å². The Hall–Kier alpha value is 2.10. The molecule has 0 fully saturated rings. The van der Waals surface area contributed by atoms with Crippen LogP contribution in [-0.2, 0) is 8.85 Å². The summed E-state index contributed by atoms with van der Waals surface area (Å²) >= 11 is 0. The van der Waals surface area contributed by atoms with Gasteiger partial charge in [0.15, 0.2) is 16.6 Å². The van der Waals surface area contributed by atoms with Gasteiger partial charge in [0.1, 0.15) is 0 Å². The van der Waals surface area contributed by atoms with E-state index in [1.165, 1.54) is 12.8 Å². The third-order valence-corrected chi connectivity index (χ3v) is 23.8. The van der Waals surface area contributed by atoms with Crippen LogP contribution in [0, 0.1) is 0 Å². The third kappa shape index (κ3) is 10.1. The van der Waals surface area contributed by atoms with Crippen LogP contribution in [0.1, 0.15) is 40.5 Å². The molecule has 2 atom stereocenters. The Balaban J connectivity index is 4.15. The van der Waals surface area contributed by atoms with E-state index in [1.807, 2.05) is 51.1 Å². The summed E-state index contributed by atoms with van der Waals surface area (Å²) in [7, 11) is 6.63. The number of rotatable bonds is 14. The van der Waals surface area contributed by atoms with E-state index in [1.54, 1.807) is 0 Å². The van der Waals surface area contributed by atoms with E-state index in [9.17, 15) is 0 Å². The predicted octanol–water partition coefficient (Wildman–Crippen LogP) is 7.43. The monoisotopic (exact) mass is 450 g/mol. The molecule has 0 aromatic rings. The molecule has 9 heteroatoms. The molecule has 0 heterocycles. The standard InChI is InChI=1S/C14H34O2S5Si2/c1-9-13(22(5,6)15-11-3)17-19-21-20-18-14(10-2)23(7,8)16-12-4/h13-14H,9-12H2,1-8H3. The second-order valence-corrected chi connectivity index (χ2v) is 23.5. The van der Waals surface area contributed by atoms with Gasteiger partial charge in [-0.25, -0.2) is 0 Å². The van der Waals surface area contributed by atoms with E-state index in [4.69, 9.17) is 8.85 Å². The summed E-state index contributed by atoms with van der Waals surface area (Å²) in [5.74, 6) is 0. The average molecular weight is 451 g/mol. The molecule has 0 radical (unpaired) electrons. The summed E-state index contributed by atoms with van der Waals surface area (Å²) in [5, 5.41) is 0. The van der Waals surface area contributed by atoms with Crippen LogP contribution >= 0.6 is 51.1 Å². The lowest BCUT2D eigenvalue weighted by atomic mass is 10.6. The van der Waals surface area contributed by atoms with Crippen LogP contribution in [0.25, 0.3) is 0 Å². The molecule has 0 bridgehead atoms. The molecule has 0 spiro atoms. The quantitative estimate of drug-likeness (QED) is 0.153. The minimum Gasteiger partial charge on any atom is -0.417 e. The SMILES string of the molecule is CCO[Si](C)(C)C(CC)SSSSSC(CC)[Si](C)(C)OCC. The van der Waals surface area contributed by atoms with Crippen molar-refractivity contribution < 1.29 is 8.85 Å². The zero-order valence-corrected chi connectivity index (χ0v) is 21.9. The first-order chi connectivity index (χ1) is 10.7. The summed E-state index contributed by atoms with van der Waals surface area (Å²) in [6, 6.07) is 0. The maximum atomic E-state index is 6.04. The van der Waals surface area contributed by atoms with Gasteiger partial charge in [-0.3, -0.25) is 0 Å². The molecular weight excluding hydrogens is 417 g/mol. The summed E-state index contributed by atoms with van der Waals surface area (Å²) in [4.78, 5) is 1.31. The first kappa shape index (κ1) is 25.1. The zero-order valence-electron chi connectivity index (χ0n) is 15.8. The third-order valence-electron chi connectivity index (χ3n) is 3.69. The van der Waals surface area contributed by atoms with Crippen LogP contribution in [0.15, 0.2) is 0 Å². The second kappa shape index (κ2) is 13.3. The van der Waals surface area contributed by atoms with Crippen molar-refractivity contribution in [2.75, 3.05) is 13.2 Å². The van der Waals surface area contributed by atoms with Gasteiger partial charge in [0, 0.05) is 23.0 Å². The second-order valence-electron chi connectivity index (χ2n) is 6.26. The lowest BCUT2D eigenvalue weighted by Crippen LogP contribution is -2.42. The summed E-state index contributed by atoms with van der Waals surface area (Å²) < 4.78 is 12.1. The highest BCUT2D eigenvalue weighted by Gasteiger charge is 2.34. The van der Waals surface area contributed by atoms with Gasteiger partial charge in [-0.05, 0) is 82.4 Å². The van der Waals surface area contributed by atoms with Gasteiger partial charge in [-0.1, -0.05) is 35.4 Å². The van der Waals surface area contributed by atoms with Crippen LogP contribution in [-0.4, -0.2) is 39.6 Å². The molecule has 140 valence electrons. The highest BCUT2D eigenvalue weighted by Crippen LogP contribution is 2.53. The Bertz CT molecular complexity index is 281. The molecule has 0 amide bonds. The molecule has 0 aliphatic rings. The highest BCUT2D eigenvalue weighted by atomic mass is 33.8. The fourth-order valence-corrected chi connectivity index (χ4v) is 23.7. The Morgan fingerprint density at radius 3 is 1.26 bits per heavy atom. The maximum Gasteiger partial charge on any atom is 0.200 e. The van der Waals surface area contributed by atoms with Crippen LogP contribution < -0.4 is 0 Å². The van der Waals surface area contributed by atoms with Gasteiger partial charge in [-0.2, -0.15) is 0 Å². The molecule has 0 N–H and O–H groups in total. The molecule has 0 aliphatic heterocycles. The van der Waals surface area contributed by atoms with E-state index in [-0.39, 0.29) is 0 Å². The lowest BCUT2D eigenvalue weighted by Gasteiger charge is -2.30. The van der Waals surface area contributed by atoms with Crippen LogP contribution in [0.3, 0.4) is 0 Å². The van der Waals surface area contributed by atoms with Gasteiger partial charge >= 0.3 is 0 Å². The zero-order chi connectivity index (χ0) is 17.9. The van der Waals surface area contributed by atoms with Crippen molar-refractivity contribution in [3.8, 4) is 0 Å². The van der Waals surface area contributed by atoms with E-state index in [2.05, 4.69) is 53.9 Å². The van der Waals surface area contributed by atoms with Crippen molar-refractivity contribution >= 4 is 67.7 Å². The molecular formula is C14H34O2S5Si2. The number of hydrogen-bond donors (Lipinski definition) is 0. The maximum absolute atomic E-state index is 6.04. The largest absolute Gasteiger partial charge is 0.417 e. The van der Waals surface area contributed by atoms with E-state index >= 15 is 0 Å². The Morgan fingerprint density at radius 2 is 1.00 bits per heavy atom. The topological polar surface area (TPSA) is 18.5 Å². The average Bonchev–Trinajstić information content (AvgIpc) is 2.45. The van der Waals surface area contributed by atoms with Crippen molar-refractivity contribution in [3.05, 3.63) is 0 Å². The van der Waals surface area contributed by atoms with Crippen LogP contribution in [0.4, 0.5) is 0 Å². The van der Waals surface area contributed by atoms with Gasteiger partial charge in [-0.15, -0.1) is 0 Å². The molecule has 2 unspecified atom stereocenters.